The van der Waals surface area contributed by atoms with Crippen LogP contribution < -0.4 is 0 Å². The van der Waals surface area contributed by atoms with Gasteiger partial charge >= 0.3 is 0 Å². The number of aryl methyl sites for hydroxylation is 2. The predicted molar refractivity (Wildman–Crippen MR) is 67.7 cm³/mol. The lowest BCUT2D eigenvalue weighted by atomic mass is 10.1. The van der Waals surface area contributed by atoms with Crippen molar-refractivity contribution in [3.8, 4) is 0 Å². The summed E-state index contributed by atoms with van der Waals surface area (Å²) in [6, 6.07) is 3.80. The third-order valence-electron chi connectivity index (χ3n) is 3.63. The molecule has 0 bridgehead atoms. The Labute approximate surface area is 111 Å². The summed E-state index contributed by atoms with van der Waals surface area (Å²) in [5.74, 6) is 1.40. The molecule has 0 aliphatic carbocycles. The van der Waals surface area contributed by atoms with Gasteiger partial charge in [-0.2, -0.15) is 0 Å². The number of hydrogen-bond donors (Lipinski definition) is 0. The Balaban J connectivity index is 1.91. The molecule has 1 unspecified atom stereocenters. The van der Waals surface area contributed by atoms with Crippen molar-refractivity contribution < 1.29 is 13.7 Å². The summed E-state index contributed by atoms with van der Waals surface area (Å²) in [6.07, 6.45) is 3.56. The van der Waals surface area contributed by atoms with E-state index in [9.17, 15) is 4.79 Å². The molecule has 100 valence electrons. The number of aromatic nitrogens is 1. The van der Waals surface area contributed by atoms with Crippen molar-refractivity contribution >= 4 is 5.91 Å². The third kappa shape index (κ3) is 1.95. The van der Waals surface area contributed by atoms with Gasteiger partial charge in [0, 0.05) is 6.54 Å². The molecular weight excluding hydrogens is 244 g/mol. The quantitative estimate of drug-likeness (QED) is 0.833. The van der Waals surface area contributed by atoms with Gasteiger partial charge < -0.3 is 13.8 Å². The zero-order valence-electron chi connectivity index (χ0n) is 11.0. The summed E-state index contributed by atoms with van der Waals surface area (Å²) in [6.45, 7) is 4.31. The highest BCUT2D eigenvalue weighted by Crippen LogP contribution is 2.34. The fourth-order valence-electron chi connectivity index (χ4n) is 2.72. The average molecular weight is 260 g/mol. The van der Waals surface area contributed by atoms with Gasteiger partial charge in [-0.3, -0.25) is 4.79 Å². The summed E-state index contributed by atoms with van der Waals surface area (Å²) in [5.41, 5.74) is 1.23. The molecule has 0 saturated carbocycles. The van der Waals surface area contributed by atoms with Crippen LogP contribution in [0.15, 0.2) is 27.3 Å². The Morgan fingerprint density at radius 2 is 2.32 bits per heavy atom. The molecule has 5 nitrogen and oxygen atoms in total. The van der Waals surface area contributed by atoms with E-state index in [-0.39, 0.29) is 11.9 Å². The summed E-state index contributed by atoms with van der Waals surface area (Å²) >= 11 is 0. The summed E-state index contributed by atoms with van der Waals surface area (Å²) in [5, 5.41) is 3.85. The Morgan fingerprint density at radius 3 is 2.95 bits per heavy atom. The number of carbonyl (C=O) groups excluding carboxylic acids is 1. The van der Waals surface area contributed by atoms with Crippen molar-refractivity contribution in [2.24, 2.45) is 0 Å². The molecule has 1 aliphatic rings. The van der Waals surface area contributed by atoms with E-state index in [0.717, 1.165) is 25.1 Å². The first kappa shape index (κ1) is 12.0. The van der Waals surface area contributed by atoms with Crippen LogP contribution in [0.4, 0.5) is 0 Å². The number of hydrogen-bond acceptors (Lipinski definition) is 4. The van der Waals surface area contributed by atoms with Gasteiger partial charge in [-0.15, -0.1) is 0 Å². The van der Waals surface area contributed by atoms with Gasteiger partial charge in [0.1, 0.15) is 17.1 Å². The molecule has 3 heterocycles. The molecular formula is C14H16N2O3. The van der Waals surface area contributed by atoms with E-state index in [2.05, 4.69) is 5.16 Å². The topological polar surface area (TPSA) is 59.5 Å². The molecule has 19 heavy (non-hydrogen) atoms. The monoisotopic (exact) mass is 260 g/mol. The number of nitrogens with zero attached hydrogens (tertiary/aromatic N) is 2. The average Bonchev–Trinajstić information content (AvgIpc) is 3.08. The van der Waals surface area contributed by atoms with Crippen molar-refractivity contribution in [3.05, 3.63) is 41.2 Å². The fourth-order valence-corrected chi connectivity index (χ4v) is 2.72. The minimum Gasteiger partial charge on any atom is -0.467 e. The van der Waals surface area contributed by atoms with E-state index in [1.54, 1.807) is 20.1 Å². The van der Waals surface area contributed by atoms with Gasteiger partial charge in [-0.25, -0.2) is 0 Å². The Kier molecular flexibility index (Phi) is 2.89. The Morgan fingerprint density at radius 1 is 1.47 bits per heavy atom. The van der Waals surface area contributed by atoms with Crippen molar-refractivity contribution in [2.75, 3.05) is 6.54 Å². The lowest BCUT2D eigenvalue weighted by Crippen LogP contribution is -2.31. The van der Waals surface area contributed by atoms with Crippen LogP contribution in [0.2, 0.25) is 0 Å². The van der Waals surface area contributed by atoms with Gasteiger partial charge in [0.05, 0.1) is 18.0 Å². The van der Waals surface area contributed by atoms with E-state index < -0.39 is 0 Å². The highest BCUT2D eigenvalue weighted by atomic mass is 16.5. The second-order valence-electron chi connectivity index (χ2n) is 4.87. The standard InChI is InChI=1S/C14H16N2O3/c1-9-13(10(2)19-15-9)14(17)16-7-3-5-11(16)12-6-4-8-18-12/h4,6,8,11H,3,5,7H2,1-2H3. The molecule has 0 N–H and O–H groups in total. The maximum Gasteiger partial charge on any atom is 0.259 e. The van der Waals surface area contributed by atoms with Crippen molar-refractivity contribution in [1.29, 1.82) is 0 Å². The summed E-state index contributed by atoms with van der Waals surface area (Å²) < 4.78 is 10.5. The Bertz CT molecular complexity index is 566. The lowest BCUT2D eigenvalue weighted by molar-refractivity contribution is 0.0717. The van der Waals surface area contributed by atoms with Crippen molar-refractivity contribution in [3.63, 3.8) is 0 Å². The van der Waals surface area contributed by atoms with Crippen molar-refractivity contribution in [1.82, 2.24) is 10.1 Å². The van der Waals surface area contributed by atoms with E-state index in [4.69, 9.17) is 8.94 Å². The molecule has 2 aromatic heterocycles. The van der Waals surface area contributed by atoms with Crippen LogP contribution >= 0.6 is 0 Å². The number of furan rings is 1. The number of rotatable bonds is 2. The molecule has 1 saturated heterocycles. The molecule has 0 spiro atoms. The molecule has 0 aromatic carbocycles. The van der Waals surface area contributed by atoms with Crippen LogP contribution in [-0.4, -0.2) is 22.5 Å². The number of likely N-dealkylation sites (tertiary alicyclic amines) is 1. The van der Waals surface area contributed by atoms with Gasteiger partial charge in [-0.05, 0) is 38.8 Å². The molecule has 0 radical (unpaired) electrons. The first-order chi connectivity index (χ1) is 9.18. The normalized spacial score (nSPS) is 19.1. The lowest BCUT2D eigenvalue weighted by Gasteiger charge is -2.22. The van der Waals surface area contributed by atoms with E-state index in [0.29, 0.717) is 17.0 Å². The summed E-state index contributed by atoms with van der Waals surface area (Å²) in [4.78, 5) is 14.5. The largest absolute Gasteiger partial charge is 0.467 e. The zero-order valence-corrected chi connectivity index (χ0v) is 11.0. The molecule has 1 atom stereocenters. The van der Waals surface area contributed by atoms with E-state index in [1.165, 1.54) is 0 Å². The second kappa shape index (κ2) is 4.57. The maximum absolute atomic E-state index is 12.6. The Hall–Kier alpha value is -2.04. The zero-order chi connectivity index (χ0) is 13.4. The van der Waals surface area contributed by atoms with Crippen molar-refractivity contribution in [2.45, 2.75) is 32.7 Å². The smallest absolute Gasteiger partial charge is 0.259 e. The predicted octanol–water partition coefficient (Wildman–Crippen LogP) is 2.86. The van der Waals surface area contributed by atoms with E-state index >= 15 is 0 Å². The number of amides is 1. The highest BCUT2D eigenvalue weighted by molar-refractivity contribution is 5.96. The van der Waals surface area contributed by atoms with E-state index in [1.807, 2.05) is 17.0 Å². The SMILES string of the molecule is Cc1noc(C)c1C(=O)N1CCCC1c1ccco1. The number of carbonyl (C=O) groups is 1. The molecule has 3 rings (SSSR count). The fraction of sp³-hybridized carbons (Fsp3) is 0.429. The molecule has 1 fully saturated rings. The van der Waals surface area contributed by atoms with Gasteiger partial charge in [-0.1, -0.05) is 5.16 Å². The van der Waals surface area contributed by atoms with Gasteiger partial charge in [0.2, 0.25) is 0 Å². The molecule has 2 aromatic rings. The van der Waals surface area contributed by atoms with Crippen LogP contribution in [0.5, 0.6) is 0 Å². The van der Waals surface area contributed by atoms with Crippen LogP contribution in [0, 0.1) is 13.8 Å². The maximum atomic E-state index is 12.6. The molecule has 1 amide bonds. The summed E-state index contributed by atoms with van der Waals surface area (Å²) in [7, 11) is 0. The molecule has 1 aliphatic heterocycles. The first-order valence-electron chi connectivity index (χ1n) is 6.45. The second-order valence-corrected chi connectivity index (χ2v) is 4.87. The minimum absolute atomic E-state index is 0.0184. The van der Waals surface area contributed by atoms with Gasteiger partial charge in [0.15, 0.2) is 0 Å². The van der Waals surface area contributed by atoms with Crippen LogP contribution in [0.3, 0.4) is 0 Å². The van der Waals surface area contributed by atoms with Crippen LogP contribution in [0.1, 0.15) is 46.5 Å². The highest BCUT2D eigenvalue weighted by Gasteiger charge is 2.34. The minimum atomic E-state index is -0.0184. The van der Waals surface area contributed by atoms with Crippen LogP contribution in [0.25, 0.3) is 0 Å². The van der Waals surface area contributed by atoms with Crippen LogP contribution in [-0.2, 0) is 0 Å². The third-order valence-corrected chi connectivity index (χ3v) is 3.63. The molecule has 5 heteroatoms. The first-order valence-corrected chi connectivity index (χ1v) is 6.45. The van der Waals surface area contributed by atoms with Gasteiger partial charge in [0.25, 0.3) is 5.91 Å².